The maximum Gasteiger partial charge on any atom is 0.360 e. The van der Waals surface area contributed by atoms with Crippen molar-refractivity contribution in [1.82, 2.24) is 9.78 Å². The number of fused-ring (bicyclic) bond motifs is 1. The third-order valence-electron chi connectivity index (χ3n) is 4.57. The van der Waals surface area contributed by atoms with Gasteiger partial charge in [-0.2, -0.15) is 5.10 Å². The van der Waals surface area contributed by atoms with E-state index in [0.29, 0.717) is 22.0 Å². The summed E-state index contributed by atoms with van der Waals surface area (Å²) in [5.41, 5.74) is 0.662. The molecule has 1 N–H and O–H groups in total. The summed E-state index contributed by atoms with van der Waals surface area (Å²) < 4.78 is 6.48. The highest BCUT2D eigenvalue weighted by Gasteiger charge is 2.23. The Balaban J connectivity index is 1.78. The molecular weight excluding hydrogens is 386 g/mol. The Labute approximate surface area is 172 Å². The standard InChI is InChI=1S/C22H21N3O5/c1-4-25-21(28)18-8-6-5-7-17(18)19(24-25)22(29)30-14(3)20(27)23-16-11-9-15(10-12-16)13(2)26/h5-12,14H,4H2,1-3H3,(H,23,27)/t14-/m0/s1. The van der Waals surface area contributed by atoms with E-state index in [2.05, 4.69) is 10.4 Å². The maximum atomic E-state index is 12.7. The van der Waals surface area contributed by atoms with Crippen LogP contribution in [-0.2, 0) is 16.1 Å². The van der Waals surface area contributed by atoms with Gasteiger partial charge in [-0.05, 0) is 51.1 Å². The Morgan fingerprint density at radius 3 is 2.30 bits per heavy atom. The molecule has 0 fully saturated rings. The lowest BCUT2D eigenvalue weighted by Crippen LogP contribution is -2.32. The second-order valence-corrected chi connectivity index (χ2v) is 6.69. The molecule has 0 radical (unpaired) electrons. The molecule has 154 valence electrons. The zero-order valence-corrected chi connectivity index (χ0v) is 16.8. The molecule has 0 unspecified atom stereocenters. The number of carbonyl (C=O) groups is 3. The van der Waals surface area contributed by atoms with Gasteiger partial charge in [-0.3, -0.25) is 14.4 Å². The van der Waals surface area contributed by atoms with Gasteiger partial charge in [-0.15, -0.1) is 0 Å². The van der Waals surface area contributed by atoms with E-state index in [9.17, 15) is 19.2 Å². The molecule has 1 atom stereocenters. The Morgan fingerprint density at radius 2 is 1.70 bits per heavy atom. The number of hydrogen-bond acceptors (Lipinski definition) is 6. The van der Waals surface area contributed by atoms with Crippen molar-refractivity contribution >= 4 is 34.1 Å². The van der Waals surface area contributed by atoms with Crippen molar-refractivity contribution in [1.29, 1.82) is 0 Å². The van der Waals surface area contributed by atoms with Gasteiger partial charge in [0, 0.05) is 23.2 Å². The molecule has 8 nitrogen and oxygen atoms in total. The van der Waals surface area contributed by atoms with Gasteiger partial charge in [0.25, 0.3) is 11.5 Å². The van der Waals surface area contributed by atoms with Gasteiger partial charge >= 0.3 is 5.97 Å². The summed E-state index contributed by atoms with van der Waals surface area (Å²) in [6.07, 6.45) is -1.10. The van der Waals surface area contributed by atoms with Crippen LogP contribution in [0.5, 0.6) is 0 Å². The lowest BCUT2D eigenvalue weighted by atomic mass is 10.1. The van der Waals surface area contributed by atoms with E-state index in [-0.39, 0.29) is 23.6 Å². The number of nitrogens with zero attached hydrogens (tertiary/aromatic N) is 2. The topological polar surface area (TPSA) is 107 Å². The number of esters is 1. The average Bonchev–Trinajstić information content (AvgIpc) is 2.74. The highest BCUT2D eigenvalue weighted by molar-refractivity contribution is 6.04. The van der Waals surface area contributed by atoms with Crippen LogP contribution in [0.3, 0.4) is 0 Å². The van der Waals surface area contributed by atoms with Crippen LogP contribution in [0.15, 0.2) is 53.3 Å². The third kappa shape index (κ3) is 4.27. The van der Waals surface area contributed by atoms with Crippen molar-refractivity contribution < 1.29 is 19.1 Å². The van der Waals surface area contributed by atoms with E-state index >= 15 is 0 Å². The fraction of sp³-hybridized carbons (Fsp3) is 0.227. The van der Waals surface area contributed by atoms with E-state index < -0.39 is 18.0 Å². The molecule has 0 bridgehead atoms. The minimum Gasteiger partial charge on any atom is -0.448 e. The maximum absolute atomic E-state index is 12.7. The Hall–Kier alpha value is -3.81. The number of anilines is 1. The molecular formula is C22H21N3O5. The van der Waals surface area contributed by atoms with Crippen LogP contribution in [0, 0.1) is 0 Å². The molecule has 0 aliphatic carbocycles. The summed E-state index contributed by atoms with van der Waals surface area (Å²) in [4.78, 5) is 48.8. The average molecular weight is 407 g/mol. The molecule has 3 rings (SSSR count). The number of carbonyl (C=O) groups excluding carboxylic acids is 3. The first-order chi connectivity index (χ1) is 14.3. The number of aryl methyl sites for hydroxylation is 1. The van der Waals surface area contributed by atoms with Crippen molar-refractivity contribution in [3.63, 3.8) is 0 Å². The van der Waals surface area contributed by atoms with Gasteiger partial charge in [0.2, 0.25) is 0 Å². The quantitative estimate of drug-likeness (QED) is 0.497. The number of hydrogen-bond donors (Lipinski definition) is 1. The highest BCUT2D eigenvalue weighted by atomic mass is 16.5. The molecule has 1 aromatic heterocycles. The van der Waals surface area contributed by atoms with Crippen LogP contribution < -0.4 is 10.9 Å². The Kier molecular flexibility index (Phi) is 6.06. The summed E-state index contributed by atoms with van der Waals surface area (Å²) in [7, 11) is 0. The van der Waals surface area contributed by atoms with Gasteiger partial charge in [0.05, 0.1) is 5.39 Å². The molecule has 0 aliphatic heterocycles. The molecule has 0 saturated carbocycles. The second-order valence-electron chi connectivity index (χ2n) is 6.69. The number of aromatic nitrogens is 2. The predicted octanol–water partition coefficient (Wildman–Crippen LogP) is 2.80. The van der Waals surface area contributed by atoms with Crippen LogP contribution in [0.2, 0.25) is 0 Å². The van der Waals surface area contributed by atoms with E-state index in [1.54, 1.807) is 55.5 Å². The zero-order chi connectivity index (χ0) is 21.8. The van der Waals surface area contributed by atoms with Crippen molar-refractivity contribution in [2.75, 3.05) is 5.32 Å². The molecule has 2 aromatic carbocycles. The summed E-state index contributed by atoms with van der Waals surface area (Å²) in [5, 5.41) is 7.45. The van der Waals surface area contributed by atoms with Crippen LogP contribution >= 0.6 is 0 Å². The van der Waals surface area contributed by atoms with Crippen LogP contribution in [-0.4, -0.2) is 33.5 Å². The number of ether oxygens (including phenoxy) is 1. The van der Waals surface area contributed by atoms with Gasteiger partial charge in [0.1, 0.15) is 0 Å². The SMILES string of the molecule is CCn1nc(C(=O)O[C@@H](C)C(=O)Nc2ccc(C(C)=O)cc2)c2ccccc2c1=O. The van der Waals surface area contributed by atoms with E-state index in [4.69, 9.17) is 4.74 Å². The molecule has 0 saturated heterocycles. The Morgan fingerprint density at radius 1 is 1.07 bits per heavy atom. The molecule has 1 amide bonds. The Bertz CT molecular complexity index is 1180. The first-order valence-corrected chi connectivity index (χ1v) is 9.44. The fourth-order valence-electron chi connectivity index (χ4n) is 2.90. The van der Waals surface area contributed by atoms with Crippen LogP contribution in [0.4, 0.5) is 5.69 Å². The van der Waals surface area contributed by atoms with Gasteiger partial charge in [0.15, 0.2) is 17.6 Å². The molecule has 0 spiro atoms. The fourth-order valence-corrected chi connectivity index (χ4v) is 2.90. The summed E-state index contributed by atoms with van der Waals surface area (Å²) in [6, 6.07) is 13.0. The summed E-state index contributed by atoms with van der Waals surface area (Å²) in [5.74, 6) is -1.42. The lowest BCUT2D eigenvalue weighted by molar-refractivity contribution is -0.123. The van der Waals surface area contributed by atoms with Crippen molar-refractivity contribution in [2.24, 2.45) is 0 Å². The normalized spacial score (nSPS) is 11.7. The van der Waals surface area contributed by atoms with Crippen molar-refractivity contribution in [3.8, 4) is 0 Å². The number of rotatable bonds is 6. The molecule has 8 heteroatoms. The van der Waals surface area contributed by atoms with Crippen LogP contribution in [0.25, 0.3) is 10.8 Å². The molecule has 0 aliphatic rings. The number of nitrogens with one attached hydrogen (secondary N) is 1. The zero-order valence-electron chi connectivity index (χ0n) is 16.8. The van der Waals surface area contributed by atoms with E-state index in [0.717, 1.165) is 0 Å². The summed E-state index contributed by atoms with van der Waals surface area (Å²) in [6.45, 7) is 4.92. The molecule has 3 aromatic rings. The lowest BCUT2D eigenvalue weighted by Gasteiger charge is -2.15. The highest BCUT2D eigenvalue weighted by Crippen LogP contribution is 2.16. The number of benzene rings is 2. The first kappa shape index (κ1) is 20.9. The number of ketones is 1. The molecule has 30 heavy (non-hydrogen) atoms. The second kappa shape index (κ2) is 8.69. The number of amides is 1. The molecule has 1 heterocycles. The van der Waals surface area contributed by atoms with Crippen molar-refractivity contribution in [3.05, 3.63) is 70.1 Å². The van der Waals surface area contributed by atoms with Gasteiger partial charge < -0.3 is 10.1 Å². The monoisotopic (exact) mass is 407 g/mol. The predicted molar refractivity (Wildman–Crippen MR) is 112 cm³/mol. The van der Waals surface area contributed by atoms with E-state index in [1.165, 1.54) is 18.5 Å². The largest absolute Gasteiger partial charge is 0.448 e. The van der Waals surface area contributed by atoms with Gasteiger partial charge in [-0.25, -0.2) is 9.48 Å². The van der Waals surface area contributed by atoms with Gasteiger partial charge in [-0.1, -0.05) is 18.2 Å². The van der Waals surface area contributed by atoms with E-state index in [1.807, 2.05) is 0 Å². The first-order valence-electron chi connectivity index (χ1n) is 9.44. The summed E-state index contributed by atoms with van der Waals surface area (Å²) >= 11 is 0. The third-order valence-corrected chi connectivity index (χ3v) is 4.57. The minimum absolute atomic E-state index is 0.0301. The minimum atomic E-state index is -1.10. The number of Topliss-reactive ketones (excluding diaryl/α,β-unsaturated/α-hetero) is 1. The smallest absolute Gasteiger partial charge is 0.360 e. The van der Waals surface area contributed by atoms with Crippen LogP contribution in [0.1, 0.15) is 41.6 Å². The van der Waals surface area contributed by atoms with Crippen molar-refractivity contribution in [2.45, 2.75) is 33.4 Å².